The van der Waals surface area contributed by atoms with E-state index in [0.29, 0.717) is 41.2 Å². The Balaban J connectivity index is 1.70. The van der Waals surface area contributed by atoms with Crippen molar-refractivity contribution in [3.8, 4) is 11.5 Å². The van der Waals surface area contributed by atoms with Crippen molar-refractivity contribution >= 4 is 29.1 Å². The first-order valence-electron chi connectivity index (χ1n) is 8.14. The van der Waals surface area contributed by atoms with Gasteiger partial charge >= 0.3 is 0 Å². The zero-order valence-electron chi connectivity index (χ0n) is 14.8. The highest BCUT2D eigenvalue weighted by molar-refractivity contribution is 6.42. The van der Waals surface area contributed by atoms with Crippen molar-refractivity contribution in [2.24, 2.45) is 0 Å². The second-order valence-corrected chi connectivity index (χ2v) is 6.58. The maximum Gasteiger partial charge on any atom is 0.234 e. The summed E-state index contributed by atoms with van der Waals surface area (Å²) in [4.78, 5) is 13.9. The van der Waals surface area contributed by atoms with Crippen LogP contribution in [0.5, 0.6) is 11.5 Å². The molecule has 1 N–H and O–H groups in total. The Morgan fingerprint density at radius 1 is 1.12 bits per heavy atom. The van der Waals surface area contributed by atoms with E-state index < -0.39 is 0 Å². The molecule has 0 bridgehead atoms. The lowest BCUT2D eigenvalue weighted by molar-refractivity contribution is -0.122. The summed E-state index contributed by atoms with van der Waals surface area (Å²) in [6, 6.07) is 12.8. The molecule has 2 aromatic carbocycles. The van der Waals surface area contributed by atoms with E-state index in [4.69, 9.17) is 32.7 Å². The summed E-state index contributed by atoms with van der Waals surface area (Å²) in [5.41, 5.74) is 0.995. The summed E-state index contributed by atoms with van der Waals surface area (Å²) in [6.45, 7) is 1.65. The number of nitrogens with zero attached hydrogens (tertiary/aromatic N) is 1. The highest BCUT2D eigenvalue weighted by Crippen LogP contribution is 2.25. The largest absolute Gasteiger partial charge is 0.493 e. The van der Waals surface area contributed by atoms with Gasteiger partial charge in [0.15, 0.2) is 11.5 Å². The zero-order valence-corrected chi connectivity index (χ0v) is 16.3. The summed E-state index contributed by atoms with van der Waals surface area (Å²) in [5, 5.41) is 3.86. The van der Waals surface area contributed by atoms with E-state index in [0.717, 1.165) is 5.56 Å². The lowest BCUT2D eigenvalue weighted by Crippen LogP contribution is -2.36. The number of methoxy groups -OCH3 is 1. The first kappa shape index (κ1) is 20.4. The number of hydrogen-bond acceptors (Lipinski definition) is 4. The quantitative estimate of drug-likeness (QED) is 0.657. The Morgan fingerprint density at radius 3 is 2.54 bits per heavy atom. The number of likely N-dealkylation sites (N-methyl/N-ethyl adjacent to an activating group) is 1. The second kappa shape index (κ2) is 10.3. The van der Waals surface area contributed by atoms with Crippen LogP contribution in [0.25, 0.3) is 0 Å². The van der Waals surface area contributed by atoms with Crippen molar-refractivity contribution in [1.82, 2.24) is 10.2 Å². The highest BCUT2D eigenvalue weighted by atomic mass is 35.5. The second-order valence-electron chi connectivity index (χ2n) is 5.77. The molecule has 26 heavy (non-hydrogen) atoms. The van der Waals surface area contributed by atoms with Crippen LogP contribution in [-0.4, -0.2) is 44.7 Å². The molecule has 0 aliphatic rings. The predicted octanol–water partition coefficient (Wildman–Crippen LogP) is 3.63. The van der Waals surface area contributed by atoms with Gasteiger partial charge in [0, 0.05) is 6.54 Å². The standard InChI is InChI=1S/C19H22Cl2N2O3/c1-23(12-14-7-8-15(20)16(21)11-14)13-19(24)22-9-10-26-18-6-4-3-5-17(18)25-2/h3-8,11H,9-10,12-13H2,1-2H3,(H,22,24). The Morgan fingerprint density at radius 2 is 1.85 bits per heavy atom. The summed E-state index contributed by atoms with van der Waals surface area (Å²) < 4.78 is 10.8. The van der Waals surface area contributed by atoms with Gasteiger partial charge in [-0.1, -0.05) is 41.4 Å². The Bertz CT molecular complexity index is 740. The zero-order chi connectivity index (χ0) is 18.9. The minimum atomic E-state index is -0.0730. The summed E-state index contributed by atoms with van der Waals surface area (Å²) in [6.07, 6.45) is 0. The van der Waals surface area contributed by atoms with Crippen LogP contribution in [0.3, 0.4) is 0 Å². The van der Waals surface area contributed by atoms with Crippen LogP contribution in [0.15, 0.2) is 42.5 Å². The third-order valence-corrected chi connectivity index (χ3v) is 4.34. The van der Waals surface area contributed by atoms with Gasteiger partial charge in [-0.05, 0) is 36.9 Å². The van der Waals surface area contributed by atoms with Crippen LogP contribution < -0.4 is 14.8 Å². The molecule has 0 fully saturated rings. The van der Waals surface area contributed by atoms with Gasteiger partial charge in [0.25, 0.3) is 0 Å². The maximum atomic E-state index is 12.0. The normalized spacial score (nSPS) is 10.7. The molecule has 0 unspecified atom stereocenters. The fraction of sp³-hybridized carbons (Fsp3) is 0.316. The maximum absolute atomic E-state index is 12.0. The number of para-hydroxylation sites is 2. The fourth-order valence-electron chi connectivity index (χ4n) is 2.40. The van der Waals surface area contributed by atoms with E-state index >= 15 is 0 Å². The number of rotatable bonds is 9. The Kier molecular flexibility index (Phi) is 8.04. The molecule has 0 radical (unpaired) electrons. The monoisotopic (exact) mass is 396 g/mol. The molecule has 0 atom stereocenters. The number of hydrogen-bond donors (Lipinski definition) is 1. The summed E-state index contributed by atoms with van der Waals surface area (Å²) >= 11 is 11.9. The van der Waals surface area contributed by atoms with Gasteiger partial charge in [0.2, 0.25) is 5.91 Å². The molecule has 0 heterocycles. The van der Waals surface area contributed by atoms with Crippen LogP contribution in [0.4, 0.5) is 0 Å². The average Bonchev–Trinajstić information content (AvgIpc) is 2.62. The minimum absolute atomic E-state index is 0.0730. The summed E-state index contributed by atoms with van der Waals surface area (Å²) in [7, 11) is 3.46. The molecule has 140 valence electrons. The molecule has 2 aromatic rings. The number of carbonyl (C=O) groups excluding carboxylic acids is 1. The van der Waals surface area contributed by atoms with Gasteiger partial charge < -0.3 is 14.8 Å². The molecular formula is C19H22Cl2N2O3. The van der Waals surface area contributed by atoms with Gasteiger partial charge in [-0.2, -0.15) is 0 Å². The molecule has 0 aromatic heterocycles. The first-order valence-corrected chi connectivity index (χ1v) is 8.90. The number of benzene rings is 2. The van der Waals surface area contributed by atoms with Gasteiger partial charge in [0.1, 0.15) is 6.61 Å². The molecule has 5 nitrogen and oxygen atoms in total. The molecule has 0 aliphatic carbocycles. The van der Waals surface area contributed by atoms with Gasteiger partial charge in [0.05, 0.1) is 30.2 Å². The Hall–Kier alpha value is -1.95. The fourth-order valence-corrected chi connectivity index (χ4v) is 2.72. The van der Waals surface area contributed by atoms with Crippen molar-refractivity contribution in [2.45, 2.75) is 6.54 Å². The number of nitrogens with one attached hydrogen (secondary N) is 1. The van der Waals surface area contributed by atoms with Gasteiger partial charge in [-0.3, -0.25) is 9.69 Å². The topological polar surface area (TPSA) is 50.8 Å². The van der Waals surface area contributed by atoms with Crippen LogP contribution in [-0.2, 0) is 11.3 Å². The molecule has 1 amide bonds. The first-order chi connectivity index (χ1) is 12.5. The van der Waals surface area contributed by atoms with E-state index in [-0.39, 0.29) is 12.5 Å². The van der Waals surface area contributed by atoms with Crippen LogP contribution >= 0.6 is 23.2 Å². The van der Waals surface area contributed by atoms with Crippen LogP contribution in [0.1, 0.15) is 5.56 Å². The predicted molar refractivity (Wildman–Crippen MR) is 104 cm³/mol. The molecule has 2 rings (SSSR count). The minimum Gasteiger partial charge on any atom is -0.493 e. The van der Waals surface area contributed by atoms with Crippen molar-refractivity contribution in [2.75, 3.05) is 33.9 Å². The smallest absolute Gasteiger partial charge is 0.234 e. The SMILES string of the molecule is COc1ccccc1OCCNC(=O)CN(C)Cc1ccc(Cl)c(Cl)c1. The molecule has 0 saturated carbocycles. The van der Waals surface area contributed by atoms with Crippen LogP contribution in [0.2, 0.25) is 10.0 Å². The number of ether oxygens (including phenoxy) is 2. The number of carbonyl (C=O) groups is 1. The molecule has 7 heteroatoms. The lowest BCUT2D eigenvalue weighted by atomic mass is 10.2. The molecule has 0 aliphatic heterocycles. The van der Waals surface area contributed by atoms with E-state index in [9.17, 15) is 4.79 Å². The van der Waals surface area contributed by atoms with E-state index in [1.807, 2.05) is 42.3 Å². The number of halogens is 2. The van der Waals surface area contributed by atoms with Crippen molar-refractivity contribution in [3.63, 3.8) is 0 Å². The van der Waals surface area contributed by atoms with Gasteiger partial charge in [-0.15, -0.1) is 0 Å². The molecule has 0 saturated heterocycles. The van der Waals surface area contributed by atoms with Crippen LogP contribution in [0, 0.1) is 0 Å². The highest BCUT2D eigenvalue weighted by Gasteiger charge is 2.08. The van der Waals surface area contributed by atoms with E-state index in [1.165, 1.54) is 0 Å². The third-order valence-electron chi connectivity index (χ3n) is 3.60. The number of amides is 1. The van der Waals surface area contributed by atoms with Gasteiger partial charge in [-0.25, -0.2) is 0 Å². The molecular weight excluding hydrogens is 375 g/mol. The van der Waals surface area contributed by atoms with E-state index in [1.54, 1.807) is 19.2 Å². The van der Waals surface area contributed by atoms with Crippen molar-refractivity contribution < 1.29 is 14.3 Å². The lowest BCUT2D eigenvalue weighted by Gasteiger charge is -2.17. The van der Waals surface area contributed by atoms with Crippen molar-refractivity contribution in [3.05, 3.63) is 58.1 Å². The average molecular weight is 397 g/mol. The molecule has 0 spiro atoms. The van der Waals surface area contributed by atoms with E-state index in [2.05, 4.69) is 5.32 Å². The third kappa shape index (κ3) is 6.41. The summed E-state index contributed by atoms with van der Waals surface area (Å²) in [5.74, 6) is 1.25. The van der Waals surface area contributed by atoms with Crippen molar-refractivity contribution in [1.29, 1.82) is 0 Å². The Labute approximate surface area is 163 Å².